The monoisotopic (exact) mass is 296 g/mol. The van der Waals surface area contributed by atoms with Crippen molar-refractivity contribution in [2.24, 2.45) is 0 Å². The zero-order valence-corrected chi connectivity index (χ0v) is 12.2. The summed E-state index contributed by atoms with van der Waals surface area (Å²) in [4.78, 5) is 25.0. The molecule has 0 saturated carbocycles. The van der Waals surface area contributed by atoms with Crippen molar-refractivity contribution in [3.8, 4) is 5.75 Å². The molecule has 0 spiro atoms. The smallest absolute Gasteiger partial charge is 0.252 e. The number of rotatable bonds is 5. The number of nitrogens with zero attached hydrogens (tertiary/aromatic N) is 1. The van der Waals surface area contributed by atoms with Crippen molar-refractivity contribution < 1.29 is 14.3 Å². The average Bonchev–Trinajstić information content (AvgIpc) is 2.67. The maximum atomic E-state index is 12.1. The van der Waals surface area contributed by atoms with Crippen LogP contribution >= 0.6 is 11.6 Å². The van der Waals surface area contributed by atoms with Gasteiger partial charge in [-0.05, 0) is 32.0 Å². The van der Waals surface area contributed by atoms with E-state index in [1.54, 1.807) is 25.1 Å². The van der Waals surface area contributed by atoms with Crippen molar-refractivity contribution in [2.45, 2.75) is 26.3 Å². The van der Waals surface area contributed by atoms with Crippen molar-refractivity contribution >= 4 is 29.1 Å². The maximum Gasteiger partial charge on any atom is 0.252 e. The van der Waals surface area contributed by atoms with E-state index in [9.17, 15) is 9.59 Å². The summed E-state index contributed by atoms with van der Waals surface area (Å²) in [6.45, 7) is 4.56. The van der Waals surface area contributed by atoms with Gasteiger partial charge in [0.25, 0.3) is 5.91 Å². The van der Waals surface area contributed by atoms with Crippen molar-refractivity contribution in [3.05, 3.63) is 23.2 Å². The molecule has 1 atom stereocenters. The summed E-state index contributed by atoms with van der Waals surface area (Å²) in [6.07, 6.45) is 0.157. The molecule has 108 valence electrons. The lowest BCUT2D eigenvalue weighted by Crippen LogP contribution is -2.34. The normalized spacial score (nSPS) is 18.6. The summed E-state index contributed by atoms with van der Waals surface area (Å²) in [7, 11) is 0. The molecule has 1 unspecified atom stereocenters. The Balaban J connectivity index is 2.20. The van der Waals surface area contributed by atoms with Gasteiger partial charge in [-0.1, -0.05) is 11.6 Å². The summed E-state index contributed by atoms with van der Waals surface area (Å²) in [5, 5.41) is 3.60. The van der Waals surface area contributed by atoms with Gasteiger partial charge in [-0.3, -0.25) is 14.5 Å². The van der Waals surface area contributed by atoms with Gasteiger partial charge in [0.1, 0.15) is 11.8 Å². The van der Waals surface area contributed by atoms with Crippen molar-refractivity contribution in [1.29, 1.82) is 0 Å². The molecule has 1 aliphatic rings. The number of hydrogen-bond acceptors (Lipinski definition) is 4. The fraction of sp³-hybridized carbons (Fsp3) is 0.429. The molecule has 2 rings (SSSR count). The predicted molar refractivity (Wildman–Crippen MR) is 77.0 cm³/mol. The van der Waals surface area contributed by atoms with Crippen LogP contribution in [0.5, 0.6) is 5.75 Å². The number of ether oxygens (including phenoxy) is 1. The van der Waals surface area contributed by atoms with Crippen LogP contribution < -0.4 is 10.1 Å². The Morgan fingerprint density at radius 2 is 2.15 bits per heavy atom. The van der Waals surface area contributed by atoms with Crippen LogP contribution in [0.1, 0.15) is 20.3 Å². The molecule has 6 heteroatoms. The van der Waals surface area contributed by atoms with Crippen LogP contribution in [-0.4, -0.2) is 35.9 Å². The first-order valence-corrected chi connectivity index (χ1v) is 6.97. The van der Waals surface area contributed by atoms with Gasteiger partial charge in [-0.25, -0.2) is 0 Å². The molecule has 1 aromatic carbocycles. The molecular formula is C14H17ClN2O3. The Morgan fingerprint density at radius 1 is 1.40 bits per heavy atom. The zero-order chi connectivity index (χ0) is 14.7. The molecule has 5 nitrogen and oxygen atoms in total. The minimum Gasteiger partial charge on any atom is -0.492 e. The molecule has 20 heavy (non-hydrogen) atoms. The van der Waals surface area contributed by atoms with Gasteiger partial charge >= 0.3 is 0 Å². The molecular weight excluding hydrogens is 280 g/mol. The summed E-state index contributed by atoms with van der Waals surface area (Å²) < 4.78 is 5.49. The van der Waals surface area contributed by atoms with Crippen molar-refractivity contribution in [1.82, 2.24) is 4.90 Å². The predicted octanol–water partition coefficient (Wildman–Crippen LogP) is 2.30. The fourth-order valence-electron chi connectivity index (χ4n) is 2.21. The van der Waals surface area contributed by atoms with E-state index in [1.807, 2.05) is 6.92 Å². The van der Waals surface area contributed by atoms with E-state index in [4.69, 9.17) is 16.3 Å². The third kappa shape index (κ3) is 2.88. The zero-order valence-electron chi connectivity index (χ0n) is 11.5. The third-order valence-electron chi connectivity index (χ3n) is 3.13. The number of carbonyl (C=O) groups is 2. The van der Waals surface area contributed by atoms with Crippen LogP contribution in [0.2, 0.25) is 5.02 Å². The number of carbonyl (C=O) groups excluding carboxylic acids is 2. The topological polar surface area (TPSA) is 58.6 Å². The first kappa shape index (κ1) is 14.7. The van der Waals surface area contributed by atoms with E-state index in [0.717, 1.165) is 0 Å². The summed E-state index contributed by atoms with van der Waals surface area (Å²) in [5.41, 5.74) is 0.628. The molecule has 1 heterocycles. The summed E-state index contributed by atoms with van der Waals surface area (Å²) in [5.74, 6) is 0.252. The fourth-order valence-corrected chi connectivity index (χ4v) is 2.38. The van der Waals surface area contributed by atoms with Crippen LogP contribution in [0, 0.1) is 0 Å². The van der Waals surface area contributed by atoms with E-state index in [2.05, 4.69) is 5.32 Å². The van der Waals surface area contributed by atoms with Crippen molar-refractivity contribution in [2.75, 3.05) is 18.5 Å². The summed E-state index contributed by atoms with van der Waals surface area (Å²) in [6, 6.07) is 4.60. The number of benzene rings is 1. The van der Waals surface area contributed by atoms with Gasteiger partial charge in [0.05, 0.1) is 18.7 Å². The molecule has 0 aliphatic carbocycles. The highest BCUT2D eigenvalue weighted by atomic mass is 35.5. The van der Waals surface area contributed by atoms with E-state index >= 15 is 0 Å². The standard InChI is InChI=1S/C14H17ClN2O3/c1-3-17-13(18)8-11(14(17)19)16-10-7-9(15)5-6-12(10)20-4-2/h5-7,11,16H,3-4,8H2,1-2H3. The minimum atomic E-state index is -0.555. The van der Waals surface area contributed by atoms with Crippen LogP contribution in [0.4, 0.5) is 5.69 Å². The van der Waals surface area contributed by atoms with Gasteiger partial charge in [0.2, 0.25) is 5.91 Å². The molecule has 1 aromatic rings. The van der Waals surface area contributed by atoms with Crippen LogP contribution in [0.3, 0.4) is 0 Å². The number of nitrogens with one attached hydrogen (secondary N) is 1. The van der Waals surface area contributed by atoms with Gasteiger partial charge in [-0.15, -0.1) is 0 Å². The Labute approximate surface area is 122 Å². The average molecular weight is 297 g/mol. The first-order chi connectivity index (χ1) is 9.56. The second-order valence-electron chi connectivity index (χ2n) is 4.45. The van der Waals surface area contributed by atoms with Gasteiger partial charge < -0.3 is 10.1 Å². The highest BCUT2D eigenvalue weighted by Gasteiger charge is 2.37. The lowest BCUT2D eigenvalue weighted by atomic mass is 10.2. The largest absolute Gasteiger partial charge is 0.492 e. The molecule has 2 amide bonds. The molecule has 0 radical (unpaired) electrons. The number of anilines is 1. The third-order valence-corrected chi connectivity index (χ3v) is 3.37. The van der Waals surface area contributed by atoms with E-state index in [-0.39, 0.29) is 18.2 Å². The summed E-state index contributed by atoms with van der Waals surface area (Å²) >= 11 is 5.97. The lowest BCUT2D eigenvalue weighted by Gasteiger charge is -2.17. The number of likely N-dealkylation sites (N-methyl/N-ethyl adjacent to an activating group) is 1. The Morgan fingerprint density at radius 3 is 2.75 bits per heavy atom. The molecule has 1 aliphatic heterocycles. The van der Waals surface area contributed by atoms with Crippen molar-refractivity contribution in [3.63, 3.8) is 0 Å². The molecule has 1 N–H and O–H groups in total. The second-order valence-corrected chi connectivity index (χ2v) is 4.89. The Hall–Kier alpha value is -1.75. The molecule has 1 saturated heterocycles. The van der Waals surface area contributed by atoms with Crippen LogP contribution in [0.15, 0.2) is 18.2 Å². The first-order valence-electron chi connectivity index (χ1n) is 6.59. The molecule has 1 fully saturated rings. The lowest BCUT2D eigenvalue weighted by molar-refractivity contribution is -0.138. The maximum absolute atomic E-state index is 12.1. The number of amides is 2. The quantitative estimate of drug-likeness (QED) is 0.847. The Bertz CT molecular complexity index is 533. The Kier molecular flexibility index (Phi) is 4.49. The van der Waals surface area contributed by atoms with Crippen LogP contribution in [0.25, 0.3) is 0 Å². The number of likely N-dealkylation sites (tertiary alicyclic amines) is 1. The van der Waals surface area contributed by atoms with Gasteiger partial charge in [0.15, 0.2) is 0 Å². The van der Waals surface area contributed by atoms with Gasteiger partial charge in [-0.2, -0.15) is 0 Å². The number of imide groups is 1. The minimum absolute atomic E-state index is 0.157. The van der Waals surface area contributed by atoms with E-state index in [1.165, 1.54) is 4.90 Å². The second kappa shape index (κ2) is 6.13. The van der Waals surface area contributed by atoms with Crippen LogP contribution in [-0.2, 0) is 9.59 Å². The van der Waals surface area contributed by atoms with Gasteiger partial charge in [0, 0.05) is 11.6 Å². The van der Waals surface area contributed by atoms with E-state index in [0.29, 0.717) is 29.6 Å². The SMILES string of the molecule is CCOc1ccc(Cl)cc1NC1CC(=O)N(CC)C1=O. The number of hydrogen-bond donors (Lipinski definition) is 1. The highest BCUT2D eigenvalue weighted by molar-refractivity contribution is 6.31. The van der Waals surface area contributed by atoms with E-state index < -0.39 is 6.04 Å². The molecule has 0 bridgehead atoms. The number of halogens is 1. The highest BCUT2D eigenvalue weighted by Crippen LogP contribution is 2.30. The molecule has 0 aromatic heterocycles.